The van der Waals surface area contributed by atoms with Crippen LogP contribution in [0.3, 0.4) is 0 Å². The summed E-state index contributed by atoms with van der Waals surface area (Å²) in [6.07, 6.45) is 2.75. The van der Waals surface area contributed by atoms with Gasteiger partial charge in [0.1, 0.15) is 5.25 Å². The minimum Gasteiger partial charge on any atom is -0.381 e. The van der Waals surface area contributed by atoms with Crippen molar-refractivity contribution in [3.05, 3.63) is 71.3 Å². The normalized spacial score (nSPS) is 25.2. The van der Waals surface area contributed by atoms with E-state index in [2.05, 4.69) is 5.32 Å². The molecular weight excluding hydrogens is 424 g/mol. The number of benzene rings is 2. The smallest absolute Gasteiger partial charge is 0.230 e. The molecule has 2 aliphatic heterocycles. The van der Waals surface area contributed by atoms with Crippen LogP contribution < -0.4 is 5.32 Å². The zero-order chi connectivity index (χ0) is 22.8. The molecule has 0 radical (unpaired) electrons. The van der Waals surface area contributed by atoms with Crippen molar-refractivity contribution < 1.29 is 17.9 Å². The summed E-state index contributed by atoms with van der Waals surface area (Å²) in [7, 11) is -1.81. The van der Waals surface area contributed by atoms with Gasteiger partial charge in [0.25, 0.3) is 0 Å². The standard InChI is InChI=1S/C25H32N2O4S/c1-19-8-13-23(21-6-4-3-5-7-21)32(29,30)27(19)18-20-9-11-22(12-10-20)25(24(28)26-2)14-16-31-17-15-25/h3-7,9-12,19,23H,8,13-18H2,1-2H3,(H,26,28). The number of hydrogen-bond acceptors (Lipinski definition) is 4. The first-order valence-corrected chi connectivity index (χ1v) is 12.8. The Morgan fingerprint density at radius 1 is 1.06 bits per heavy atom. The molecule has 2 heterocycles. The van der Waals surface area contributed by atoms with Gasteiger partial charge in [-0.1, -0.05) is 54.6 Å². The number of carbonyl (C=O) groups excluding carboxylic acids is 1. The number of ether oxygens (including phenoxy) is 1. The molecule has 1 amide bonds. The molecule has 2 saturated heterocycles. The van der Waals surface area contributed by atoms with Crippen LogP contribution in [0.4, 0.5) is 0 Å². The van der Waals surface area contributed by atoms with Crippen molar-refractivity contribution in [1.29, 1.82) is 0 Å². The predicted molar refractivity (Wildman–Crippen MR) is 125 cm³/mol. The first-order valence-electron chi connectivity index (χ1n) is 11.3. The number of sulfonamides is 1. The molecular formula is C25H32N2O4S. The largest absolute Gasteiger partial charge is 0.381 e. The van der Waals surface area contributed by atoms with Crippen LogP contribution >= 0.6 is 0 Å². The van der Waals surface area contributed by atoms with Crippen LogP contribution in [-0.4, -0.2) is 44.9 Å². The summed E-state index contributed by atoms with van der Waals surface area (Å²) in [5, 5.41) is 2.31. The van der Waals surface area contributed by atoms with Gasteiger partial charge in [0.05, 0.1) is 5.41 Å². The van der Waals surface area contributed by atoms with Gasteiger partial charge in [-0.3, -0.25) is 4.79 Å². The minimum atomic E-state index is -3.47. The summed E-state index contributed by atoms with van der Waals surface area (Å²) >= 11 is 0. The van der Waals surface area contributed by atoms with Gasteiger partial charge >= 0.3 is 0 Å². The van der Waals surface area contributed by atoms with Crippen molar-refractivity contribution in [2.45, 2.75) is 55.9 Å². The van der Waals surface area contributed by atoms with E-state index in [9.17, 15) is 13.2 Å². The second-order valence-corrected chi connectivity index (χ2v) is 11.0. The molecule has 2 atom stereocenters. The van der Waals surface area contributed by atoms with Crippen LogP contribution in [0.25, 0.3) is 0 Å². The number of likely N-dealkylation sites (N-methyl/N-ethyl adjacent to an activating group) is 1. The van der Waals surface area contributed by atoms with E-state index in [1.165, 1.54) is 0 Å². The molecule has 6 nitrogen and oxygen atoms in total. The molecule has 2 fully saturated rings. The highest BCUT2D eigenvalue weighted by atomic mass is 32.2. The van der Waals surface area contributed by atoms with E-state index in [1.807, 2.05) is 61.5 Å². The number of amides is 1. The molecule has 0 spiro atoms. The van der Waals surface area contributed by atoms with Crippen molar-refractivity contribution in [1.82, 2.24) is 9.62 Å². The molecule has 2 aromatic carbocycles. The van der Waals surface area contributed by atoms with Crippen molar-refractivity contribution >= 4 is 15.9 Å². The Kier molecular flexibility index (Phi) is 6.70. The Morgan fingerprint density at radius 3 is 2.34 bits per heavy atom. The molecule has 4 rings (SSSR count). The second-order valence-electron chi connectivity index (χ2n) is 8.89. The highest BCUT2D eigenvalue weighted by molar-refractivity contribution is 7.89. The third-order valence-corrected chi connectivity index (χ3v) is 9.42. The van der Waals surface area contributed by atoms with Crippen LogP contribution in [-0.2, 0) is 31.5 Å². The van der Waals surface area contributed by atoms with Crippen LogP contribution in [0.1, 0.15) is 54.5 Å². The van der Waals surface area contributed by atoms with E-state index in [0.29, 0.717) is 39.0 Å². The van der Waals surface area contributed by atoms with Gasteiger partial charge in [-0.2, -0.15) is 4.31 Å². The Bertz CT molecular complexity index is 1030. The van der Waals surface area contributed by atoms with Gasteiger partial charge in [-0.25, -0.2) is 8.42 Å². The molecule has 172 valence electrons. The first kappa shape index (κ1) is 23.0. The predicted octanol–water partition coefficient (Wildman–Crippen LogP) is 3.54. The van der Waals surface area contributed by atoms with E-state index in [1.54, 1.807) is 11.4 Å². The number of nitrogens with one attached hydrogen (secondary N) is 1. The average molecular weight is 457 g/mol. The lowest BCUT2D eigenvalue weighted by atomic mass is 9.73. The van der Waals surface area contributed by atoms with E-state index in [4.69, 9.17) is 4.74 Å². The Labute approximate surface area is 191 Å². The van der Waals surface area contributed by atoms with Crippen LogP contribution in [0.5, 0.6) is 0 Å². The maximum atomic E-state index is 13.5. The summed E-state index contributed by atoms with van der Waals surface area (Å²) in [5.74, 6) is 0.00600. The van der Waals surface area contributed by atoms with E-state index >= 15 is 0 Å². The first-order chi connectivity index (χ1) is 15.4. The third-order valence-electron chi connectivity index (χ3n) is 7.05. The quantitative estimate of drug-likeness (QED) is 0.747. The lowest BCUT2D eigenvalue weighted by Gasteiger charge is -2.38. The van der Waals surface area contributed by atoms with Crippen LogP contribution in [0.15, 0.2) is 54.6 Å². The fourth-order valence-corrected chi connectivity index (χ4v) is 7.26. The fourth-order valence-electron chi connectivity index (χ4n) is 5.07. The molecule has 32 heavy (non-hydrogen) atoms. The Balaban J connectivity index is 1.57. The molecule has 0 saturated carbocycles. The van der Waals surface area contributed by atoms with Gasteiger partial charge in [-0.05, 0) is 49.3 Å². The van der Waals surface area contributed by atoms with Gasteiger partial charge < -0.3 is 10.1 Å². The van der Waals surface area contributed by atoms with Gasteiger partial charge in [0.2, 0.25) is 15.9 Å². The number of carbonyl (C=O) groups is 1. The SMILES string of the molecule is CNC(=O)C1(c2ccc(CN3C(C)CCC(c4ccccc4)S3(=O)=O)cc2)CCOCC1. The van der Waals surface area contributed by atoms with Crippen molar-refractivity contribution in [2.24, 2.45) is 0 Å². The molecule has 1 N–H and O–H groups in total. The summed E-state index contributed by atoms with van der Waals surface area (Å²) < 4.78 is 34.1. The topological polar surface area (TPSA) is 75.7 Å². The van der Waals surface area contributed by atoms with Gasteiger partial charge in [0.15, 0.2) is 0 Å². The molecule has 0 bridgehead atoms. The monoisotopic (exact) mass is 456 g/mol. The number of hydrogen-bond donors (Lipinski definition) is 1. The Hall–Kier alpha value is -2.22. The summed E-state index contributed by atoms with van der Waals surface area (Å²) in [6, 6.07) is 17.3. The van der Waals surface area contributed by atoms with E-state index in [-0.39, 0.29) is 11.9 Å². The van der Waals surface area contributed by atoms with Crippen LogP contribution in [0, 0.1) is 0 Å². The van der Waals surface area contributed by atoms with Crippen LogP contribution in [0.2, 0.25) is 0 Å². The minimum absolute atomic E-state index is 0.00600. The zero-order valence-corrected chi connectivity index (χ0v) is 19.6. The van der Waals surface area contributed by atoms with Crippen molar-refractivity contribution in [2.75, 3.05) is 20.3 Å². The average Bonchev–Trinajstić information content (AvgIpc) is 2.82. The molecule has 2 aromatic rings. The molecule has 2 aliphatic rings. The van der Waals surface area contributed by atoms with Crippen molar-refractivity contribution in [3.8, 4) is 0 Å². The summed E-state index contributed by atoms with van der Waals surface area (Å²) in [6.45, 7) is 3.43. The summed E-state index contributed by atoms with van der Waals surface area (Å²) in [5.41, 5.74) is 2.15. The third kappa shape index (κ3) is 4.21. The maximum absolute atomic E-state index is 13.5. The molecule has 0 aromatic heterocycles. The zero-order valence-electron chi connectivity index (χ0n) is 18.8. The molecule has 2 unspecified atom stereocenters. The summed E-state index contributed by atoms with van der Waals surface area (Å²) in [4.78, 5) is 12.7. The highest BCUT2D eigenvalue weighted by Crippen LogP contribution is 2.39. The lowest BCUT2D eigenvalue weighted by molar-refractivity contribution is -0.129. The maximum Gasteiger partial charge on any atom is 0.230 e. The molecule has 7 heteroatoms. The van der Waals surface area contributed by atoms with Crippen molar-refractivity contribution in [3.63, 3.8) is 0 Å². The highest BCUT2D eigenvalue weighted by Gasteiger charge is 2.42. The second kappa shape index (κ2) is 9.33. The van der Waals surface area contributed by atoms with E-state index in [0.717, 1.165) is 23.1 Å². The van der Waals surface area contributed by atoms with E-state index < -0.39 is 20.7 Å². The number of rotatable bonds is 5. The fraction of sp³-hybridized carbons (Fsp3) is 0.480. The lowest BCUT2D eigenvalue weighted by Crippen LogP contribution is -2.47. The number of nitrogens with zero attached hydrogens (tertiary/aromatic N) is 1. The molecule has 0 aliphatic carbocycles. The van der Waals surface area contributed by atoms with Gasteiger partial charge in [0, 0.05) is 32.8 Å². The Morgan fingerprint density at radius 2 is 1.72 bits per heavy atom. The van der Waals surface area contributed by atoms with Gasteiger partial charge in [-0.15, -0.1) is 0 Å².